The van der Waals surface area contributed by atoms with Gasteiger partial charge in [-0.3, -0.25) is 9.79 Å². The Labute approximate surface area is 175 Å². The number of guanidine groups is 1. The molecule has 0 unspecified atom stereocenters. The highest BCUT2D eigenvalue weighted by atomic mass is 127. The molecule has 0 aromatic rings. The van der Waals surface area contributed by atoms with E-state index in [2.05, 4.69) is 29.5 Å². The van der Waals surface area contributed by atoms with Crippen LogP contribution in [0.5, 0.6) is 0 Å². The van der Waals surface area contributed by atoms with Crippen LogP contribution < -0.4 is 10.6 Å². The zero-order valence-electron chi connectivity index (χ0n) is 16.5. The Kier molecular flexibility index (Phi) is 12.3. The van der Waals surface area contributed by atoms with Crippen molar-refractivity contribution >= 4 is 35.8 Å². The second-order valence-electron chi connectivity index (χ2n) is 7.27. The molecule has 6 nitrogen and oxygen atoms in total. The van der Waals surface area contributed by atoms with Crippen LogP contribution in [0.1, 0.15) is 51.9 Å². The van der Waals surface area contributed by atoms with Crippen molar-refractivity contribution in [2.45, 2.75) is 51.9 Å². The van der Waals surface area contributed by atoms with Gasteiger partial charge in [0, 0.05) is 52.4 Å². The number of halogens is 1. The summed E-state index contributed by atoms with van der Waals surface area (Å²) in [7, 11) is 2.11. The van der Waals surface area contributed by atoms with Crippen LogP contribution in [-0.4, -0.2) is 63.2 Å². The quantitative estimate of drug-likeness (QED) is 0.231. The van der Waals surface area contributed by atoms with Gasteiger partial charge in [-0.15, -0.1) is 24.0 Å². The lowest BCUT2D eigenvalue weighted by molar-refractivity contribution is -0.127. The normalized spacial score (nSPS) is 18.6. The second-order valence-corrected chi connectivity index (χ2v) is 7.27. The summed E-state index contributed by atoms with van der Waals surface area (Å²) in [6.07, 6.45) is 7.78. The number of ether oxygens (including phenoxy) is 1. The van der Waals surface area contributed by atoms with E-state index in [1.807, 2.05) is 0 Å². The molecular weight excluding hydrogens is 443 g/mol. The zero-order chi connectivity index (χ0) is 17.9. The lowest BCUT2D eigenvalue weighted by Crippen LogP contribution is -2.40. The molecule has 2 N–H and O–H groups in total. The number of aliphatic imine (C=N–C) groups is 1. The van der Waals surface area contributed by atoms with Gasteiger partial charge in [0.05, 0.1) is 0 Å². The van der Waals surface area contributed by atoms with E-state index in [0.717, 1.165) is 70.5 Å². The van der Waals surface area contributed by atoms with E-state index < -0.39 is 0 Å². The molecule has 1 heterocycles. The number of hydrogen-bond donors (Lipinski definition) is 2. The van der Waals surface area contributed by atoms with Gasteiger partial charge in [-0.1, -0.05) is 6.42 Å². The fraction of sp³-hybridized carbons (Fsp3) is 0.895. The summed E-state index contributed by atoms with van der Waals surface area (Å²) in [6, 6.07) is 0. The number of nitrogens with one attached hydrogen (secondary N) is 2. The minimum absolute atomic E-state index is 0. The molecule has 1 amide bonds. The van der Waals surface area contributed by atoms with Gasteiger partial charge in [0.1, 0.15) is 0 Å². The molecule has 0 aromatic carbocycles. The molecule has 2 fully saturated rings. The van der Waals surface area contributed by atoms with Crippen molar-refractivity contribution < 1.29 is 9.53 Å². The second kappa shape index (κ2) is 13.6. The van der Waals surface area contributed by atoms with E-state index in [1.54, 1.807) is 0 Å². The highest BCUT2D eigenvalue weighted by molar-refractivity contribution is 14.0. The first-order valence-electron chi connectivity index (χ1n) is 10.1. The molecule has 152 valence electrons. The maximum atomic E-state index is 11.8. The fourth-order valence-electron chi connectivity index (χ4n) is 3.28. The van der Waals surface area contributed by atoms with Crippen molar-refractivity contribution in [1.82, 2.24) is 15.5 Å². The van der Waals surface area contributed by atoms with Gasteiger partial charge in [0.15, 0.2) is 5.96 Å². The van der Waals surface area contributed by atoms with Gasteiger partial charge >= 0.3 is 0 Å². The largest absolute Gasteiger partial charge is 0.381 e. The van der Waals surface area contributed by atoms with Crippen LogP contribution in [0.25, 0.3) is 0 Å². The van der Waals surface area contributed by atoms with E-state index in [-0.39, 0.29) is 35.8 Å². The third-order valence-electron chi connectivity index (χ3n) is 5.28. The standard InChI is InChI=1S/C19H36N4O2.HI/c1-3-20-19(23(2)13-8-16-9-14-25-15-10-16)22-12-5-11-21-18(24)17-6-4-7-17;/h16-17H,3-15H2,1-2H3,(H,20,22)(H,21,24);1H. The summed E-state index contributed by atoms with van der Waals surface area (Å²) in [5, 5.41) is 6.40. The van der Waals surface area contributed by atoms with Crippen LogP contribution >= 0.6 is 24.0 Å². The monoisotopic (exact) mass is 480 g/mol. The third kappa shape index (κ3) is 8.41. The highest BCUT2D eigenvalue weighted by Crippen LogP contribution is 2.26. The summed E-state index contributed by atoms with van der Waals surface area (Å²) in [6.45, 7) is 7.29. The molecule has 1 aliphatic carbocycles. The van der Waals surface area contributed by atoms with Crippen LogP contribution in [0.15, 0.2) is 4.99 Å². The molecule has 0 aromatic heterocycles. The number of rotatable bonds is 9. The first kappa shape index (κ1) is 23.5. The van der Waals surface area contributed by atoms with Crippen molar-refractivity contribution in [2.24, 2.45) is 16.8 Å². The minimum atomic E-state index is 0. The fourth-order valence-corrected chi connectivity index (χ4v) is 3.28. The Morgan fingerprint density at radius 2 is 1.92 bits per heavy atom. The number of amides is 1. The molecule has 26 heavy (non-hydrogen) atoms. The van der Waals surface area contributed by atoms with Gasteiger partial charge in [0.25, 0.3) is 0 Å². The number of carbonyl (C=O) groups excluding carboxylic acids is 1. The van der Waals surface area contributed by atoms with E-state index in [0.29, 0.717) is 0 Å². The average molecular weight is 480 g/mol. The molecule has 1 saturated heterocycles. The van der Waals surface area contributed by atoms with Crippen LogP contribution in [0, 0.1) is 11.8 Å². The predicted octanol–water partition coefficient (Wildman–Crippen LogP) is 2.62. The molecule has 1 aliphatic heterocycles. The average Bonchev–Trinajstić information content (AvgIpc) is 2.58. The van der Waals surface area contributed by atoms with E-state index >= 15 is 0 Å². The van der Waals surface area contributed by atoms with Gasteiger partial charge in [-0.05, 0) is 51.4 Å². The van der Waals surface area contributed by atoms with Crippen LogP contribution in [0.2, 0.25) is 0 Å². The molecular formula is C19H37IN4O2. The molecule has 7 heteroatoms. The van der Waals surface area contributed by atoms with Crippen molar-refractivity contribution in [3.05, 3.63) is 0 Å². The first-order chi connectivity index (χ1) is 12.2. The summed E-state index contributed by atoms with van der Waals surface area (Å²) < 4.78 is 5.43. The lowest BCUT2D eigenvalue weighted by Gasteiger charge is -2.27. The molecule has 2 rings (SSSR count). The molecule has 1 saturated carbocycles. The van der Waals surface area contributed by atoms with E-state index in [1.165, 1.54) is 25.7 Å². The Morgan fingerprint density at radius 1 is 1.19 bits per heavy atom. The molecule has 0 radical (unpaired) electrons. The van der Waals surface area contributed by atoms with Crippen LogP contribution in [0.4, 0.5) is 0 Å². The van der Waals surface area contributed by atoms with Gasteiger partial charge in [-0.25, -0.2) is 0 Å². The lowest BCUT2D eigenvalue weighted by atomic mass is 9.85. The molecule has 0 spiro atoms. The van der Waals surface area contributed by atoms with Crippen molar-refractivity contribution in [2.75, 3.05) is 46.4 Å². The van der Waals surface area contributed by atoms with Gasteiger partial charge in [-0.2, -0.15) is 0 Å². The topological polar surface area (TPSA) is 66.0 Å². The Morgan fingerprint density at radius 3 is 2.54 bits per heavy atom. The van der Waals surface area contributed by atoms with Crippen LogP contribution in [0.3, 0.4) is 0 Å². The Balaban J connectivity index is 0.00000338. The summed E-state index contributed by atoms with van der Waals surface area (Å²) in [4.78, 5) is 18.7. The van der Waals surface area contributed by atoms with Crippen molar-refractivity contribution in [1.29, 1.82) is 0 Å². The summed E-state index contributed by atoms with van der Waals surface area (Å²) in [5.41, 5.74) is 0. The van der Waals surface area contributed by atoms with Crippen molar-refractivity contribution in [3.63, 3.8) is 0 Å². The molecule has 2 aliphatic rings. The highest BCUT2D eigenvalue weighted by Gasteiger charge is 2.24. The zero-order valence-corrected chi connectivity index (χ0v) is 18.8. The third-order valence-corrected chi connectivity index (χ3v) is 5.28. The number of carbonyl (C=O) groups is 1. The smallest absolute Gasteiger partial charge is 0.223 e. The predicted molar refractivity (Wildman–Crippen MR) is 117 cm³/mol. The SMILES string of the molecule is CCNC(=NCCCNC(=O)C1CCC1)N(C)CCC1CCOCC1.I. The Bertz CT molecular complexity index is 424. The Hall–Kier alpha value is -0.570. The van der Waals surface area contributed by atoms with Crippen molar-refractivity contribution in [3.8, 4) is 0 Å². The van der Waals surface area contributed by atoms with Gasteiger partial charge in [0.2, 0.25) is 5.91 Å². The summed E-state index contributed by atoms with van der Waals surface area (Å²) in [5.74, 6) is 2.26. The minimum Gasteiger partial charge on any atom is -0.381 e. The summed E-state index contributed by atoms with van der Waals surface area (Å²) >= 11 is 0. The molecule has 0 atom stereocenters. The van der Waals surface area contributed by atoms with E-state index in [4.69, 9.17) is 9.73 Å². The first-order valence-corrected chi connectivity index (χ1v) is 10.1. The number of nitrogens with zero attached hydrogens (tertiary/aromatic N) is 2. The van der Waals surface area contributed by atoms with Gasteiger partial charge < -0.3 is 20.3 Å². The maximum absolute atomic E-state index is 11.8. The number of hydrogen-bond acceptors (Lipinski definition) is 3. The van der Waals surface area contributed by atoms with E-state index in [9.17, 15) is 4.79 Å². The maximum Gasteiger partial charge on any atom is 0.223 e. The van der Waals surface area contributed by atoms with Crippen LogP contribution in [-0.2, 0) is 9.53 Å². The molecule has 0 bridgehead atoms.